The fraction of sp³-hybridized carbons (Fsp3) is 1.00. The predicted octanol–water partition coefficient (Wildman–Crippen LogP) is 1.11. The van der Waals surface area contributed by atoms with Crippen molar-refractivity contribution in [2.75, 3.05) is 26.2 Å². The van der Waals surface area contributed by atoms with Crippen LogP contribution in [0.1, 0.15) is 46.0 Å². The third-order valence-corrected chi connectivity index (χ3v) is 6.15. The summed E-state index contributed by atoms with van der Waals surface area (Å²) in [6, 6.07) is 0. The molecular weight excluding hydrogens is 250 g/mol. The molecule has 20 heavy (non-hydrogen) atoms. The largest absolute Gasteiger partial charge is 0.385 e. The van der Waals surface area contributed by atoms with E-state index in [1.807, 2.05) is 0 Å². The van der Waals surface area contributed by atoms with Gasteiger partial charge in [-0.05, 0) is 69.6 Å². The molecule has 0 amide bonds. The summed E-state index contributed by atoms with van der Waals surface area (Å²) in [4.78, 5) is 1.46. The Morgan fingerprint density at radius 1 is 1.00 bits per heavy atom. The van der Waals surface area contributed by atoms with Gasteiger partial charge < -0.3 is 14.7 Å². The van der Waals surface area contributed by atoms with Gasteiger partial charge >= 0.3 is 0 Å². The van der Waals surface area contributed by atoms with Crippen molar-refractivity contribution in [1.82, 2.24) is 0 Å². The van der Waals surface area contributed by atoms with Crippen molar-refractivity contribution in [3.63, 3.8) is 0 Å². The molecule has 116 valence electrons. The fourth-order valence-electron chi connectivity index (χ4n) is 5.30. The second-order valence-electron chi connectivity index (χ2n) is 7.54. The molecule has 3 heteroatoms. The molecule has 4 bridgehead atoms. The van der Waals surface area contributed by atoms with Crippen molar-refractivity contribution in [2.45, 2.75) is 58.2 Å². The minimum Gasteiger partial charge on any atom is -0.385 e. The number of rotatable bonds is 7. The Labute approximate surface area is 123 Å². The number of hydrogen-bond acceptors (Lipinski definition) is 2. The number of hydrogen-bond donors (Lipinski definition) is 2. The Hall–Kier alpha value is -0.120. The highest BCUT2D eigenvalue weighted by Gasteiger charge is 2.48. The van der Waals surface area contributed by atoms with Gasteiger partial charge in [0, 0.05) is 0 Å². The molecule has 0 aromatic carbocycles. The van der Waals surface area contributed by atoms with Gasteiger partial charge in [0.25, 0.3) is 0 Å². The standard InChI is InChI=1S/C17H31NO2/c1-3-18(4-2)10-16(19)11-20-17-14-6-12-5-13(8-14)9-15(17)7-12/h12-17,19H,3-11H2,1-2H3/p+1/t12?,13?,14?,15?,16-,17?/m1/s1. The molecule has 3 nitrogen and oxygen atoms in total. The van der Waals surface area contributed by atoms with Crippen LogP contribution in [0.4, 0.5) is 0 Å². The third kappa shape index (κ3) is 3.05. The fourth-order valence-corrected chi connectivity index (χ4v) is 5.30. The summed E-state index contributed by atoms with van der Waals surface area (Å²) >= 11 is 0. The lowest BCUT2D eigenvalue weighted by atomic mass is 9.55. The number of ether oxygens (including phenoxy) is 1. The minimum atomic E-state index is -0.290. The average Bonchev–Trinajstić information content (AvgIpc) is 2.43. The number of quaternary nitrogens is 1. The molecule has 4 aliphatic carbocycles. The van der Waals surface area contributed by atoms with Crippen LogP contribution in [0.3, 0.4) is 0 Å². The van der Waals surface area contributed by atoms with E-state index < -0.39 is 0 Å². The summed E-state index contributed by atoms with van der Waals surface area (Å²) in [5.41, 5.74) is 0. The number of aliphatic hydroxyl groups is 1. The van der Waals surface area contributed by atoms with Crippen LogP contribution in [-0.4, -0.2) is 43.6 Å². The lowest BCUT2D eigenvalue weighted by molar-refractivity contribution is -0.899. The van der Waals surface area contributed by atoms with Gasteiger partial charge in [-0.25, -0.2) is 0 Å². The van der Waals surface area contributed by atoms with Crippen LogP contribution in [0.2, 0.25) is 0 Å². The Morgan fingerprint density at radius 3 is 2.05 bits per heavy atom. The van der Waals surface area contributed by atoms with E-state index in [0.717, 1.165) is 43.3 Å². The highest BCUT2D eigenvalue weighted by atomic mass is 16.5. The van der Waals surface area contributed by atoms with Crippen LogP contribution in [0.15, 0.2) is 0 Å². The summed E-state index contributed by atoms with van der Waals surface area (Å²) in [5.74, 6) is 3.61. The molecule has 4 rings (SSSR count). The van der Waals surface area contributed by atoms with Gasteiger partial charge in [-0.3, -0.25) is 0 Å². The quantitative estimate of drug-likeness (QED) is 0.733. The smallest absolute Gasteiger partial charge is 0.126 e. The summed E-state index contributed by atoms with van der Waals surface area (Å²) < 4.78 is 6.21. The molecule has 4 saturated carbocycles. The lowest BCUT2D eigenvalue weighted by Gasteiger charge is -2.54. The summed E-state index contributed by atoms with van der Waals surface area (Å²) in [7, 11) is 0. The molecule has 4 fully saturated rings. The topological polar surface area (TPSA) is 33.9 Å². The van der Waals surface area contributed by atoms with Gasteiger partial charge in [-0.15, -0.1) is 0 Å². The van der Waals surface area contributed by atoms with Gasteiger partial charge in [0.1, 0.15) is 12.6 Å². The zero-order chi connectivity index (χ0) is 14.1. The van der Waals surface area contributed by atoms with E-state index in [4.69, 9.17) is 4.74 Å². The maximum atomic E-state index is 10.2. The second-order valence-corrected chi connectivity index (χ2v) is 7.54. The molecule has 0 radical (unpaired) electrons. The number of aliphatic hydroxyl groups excluding tert-OH is 1. The molecule has 0 spiro atoms. The van der Waals surface area contributed by atoms with Crippen LogP contribution in [0.5, 0.6) is 0 Å². The van der Waals surface area contributed by atoms with E-state index in [1.54, 1.807) is 0 Å². The first-order chi connectivity index (χ1) is 9.69. The lowest BCUT2D eigenvalue weighted by Crippen LogP contribution is -3.12. The average molecular weight is 282 g/mol. The van der Waals surface area contributed by atoms with E-state index in [2.05, 4.69) is 13.8 Å². The molecule has 0 aliphatic heterocycles. The Balaban J connectivity index is 1.46. The third-order valence-electron chi connectivity index (χ3n) is 6.15. The molecule has 0 unspecified atom stereocenters. The first kappa shape index (κ1) is 14.8. The van der Waals surface area contributed by atoms with Gasteiger partial charge in [0.15, 0.2) is 0 Å². The molecule has 2 N–H and O–H groups in total. The van der Waals surface area contributed by atoms with Gasteiger partial charge in [-0.1, -0.05) is 0 Å². The zero-order valence-corrected chi connectivity index (χ0v) is 13.2. The molecule has 4 aliphatic rings. The summed E-state index contributed by atoms with van der Waals surface area (Å²) in [5, 5.41) is 10.2. The normalized spacial score (nSPS) is 40.5. The van der Waals surface area contributed by atoms with Crippen molar-refractivity contribution in [3.05, 3.63) is 0 Å². The molecule has 0 saturated heterocycles. The summed E-state index contributed by atoms with van der Waals surface area (Å²) in [6.45, 7) is 7.93. The Kier molecular flexibility index (Phi) is 4.68. The van der Waals surface area contributed by atoms with Crippen LogP contribution in [-0.2, 0) is 4.74 Å². The van der Waals surface area contributed by atoms with Gasteiger partial charge in [0.2, 0.25) is 0 Å². The van der Waals surface area contributed by atoms with E-state index in [-0.39, 0.29) is 6.10 Å². The van der Waals surface area contributed by atoms with E-state index in [9.17, 15) is 5.11 Å². The molecule has 0 aromatic rings. The molecule has 0 aromatic heterocycles. The summed E-state index contributed by atoms with van der Waals surface area (Å²) in [6.07, 6.45) is 7.26. The zero-order valence-electron chi connectivity index (χ0n) is 13.2. The van der Waals surface area contributed by atoms with Crippen molar-refractivity contribution < 1.29 is 14.7 Å². The molecule has 0 heterocycles. The van der Waals surface area contributed by atoms with E-state index >= 15 is 0 Å². The van der Waals surface area contributed by atoms with Crippen molar-refractivity contribution in [2.24, 2.45) is 23.7 Å². The van der Waals surface area contributed by atoms with E-state index in [0.29, 0.717) is 12.7 Å². The minimum absolute atomic E-state index is 0.290. The van der Waals surface area contributed by atoms with Crippen molar-refractivity contribution >= 4 is 0 Å². The van der Waals surface area contributed by atoms with Crippen molar-refractivity contribution in [1.29, 1.82) is 0 Å². The Morgan fingerprint density at radius 2 is 1.55 bits per heavy atom. The van der Waals surface area contributed by atoms with Gasteiger partial charge in [-0.2, -0.15) is 0 Å². The predicted molar refractivity (Wildman–Crippen MR) is 79.7 cm³/mol. The first-order valence-electron chi connectivity index (χ1n) is 8.82. The SMILES string of the molecule is CC[NH+](CC)C[C@@H](O)COC1C2CC3CC(C2)CC1C3. The maximum absolute atomic E-state index is 10.2. The van der Waals surface area contributed by atoms with E-state index in [1.165, 1.54) is 37.0 Å². The van der Waals surface area contributed by atoms with Crippen LogP contribution < -0.4 is 4.90 Å². The van der Waals surface area contributed by atoms with Crippen LogP contribution >= 0.6 is 0 Å². The first-order valence-corrected chi connectivity index (χ1v) is 8.82. The molecule has 1 atom stereocenters. The molecular formula is C17H32NO2+. The maximum Gasteiger partial charge on any atom is 0.126 e. The second kappa shape index (κ2) is 6.33. The monoisotopic (exact) mass is 282 g/mol. The van der Waals surface area contributed by atoms with Crippen LogP contribution in [0.25, 0.3) is 0 Å². The Bertz CT molecular complexity index is 288. The highest BCUT2D eigenvalue weighted by Crippen LogP contribution is 2.54. The highest BCUT2D eigenvalue weighted by molar-refractivity contribution is 4.99. The number of nitrogens with one attached hydrogen (secondary N) is 1. The van der Waals surface area contributed by atoms with Crippen LogP contribution in [0, 0.1) is 23.7 Å². The number of likely N-dealkylation sites (N-methyl/N-ethyl adjacent to an activating group) is 1. The van der Waals surface area contributed by atoms with Crippen molar-refractivity contribution in [3.8, 4) is 0 Å². The van der Waals surface area contributed by atoms with Gasteiger partial charge in [0.05, 0.1) is 25.8 Å².